The van der Waals surface area contributed by atoms with E-state index in [0.717, 1.165) is 49.4 Å². The second-order valence-electron chi connectivity index (χ2n) is 7.93. The van der Waals surface area contributed by atoms with Crippen LogP contribution >= 0.6 is 0 Å². The topological polar surface area (TPSA) is 46.6 Å². The van der Waals surface area contributed by atoms with E-state index in [0.29, 0.717) is 6.61 Å². The molecule has 4 rings (SSSR count). The molecule has 0 bridgehead atoms. The van der Waals surface area contributed by atoms with Gasteiger partial charge in [0.05, 0.1) is 25.8 Å². The highest BCUT2D eigenvalue weighted by atomic mass is 16.5. The lowest BCUT2D eigenvalue weighted by Gasteiger charge is -2.22. The Balaban J connectivity index is 1.58. The number of hydrogen-bond acceptors (Lipinski definition) is 5. The molecular weight excluding hydrogens is 350 g/mol. The van der Waals surface area contributed by atoms with Crippen molar-refractivity contribution in [3.05, 3.63) is 29.0 Å². The number of aryl methyl sites for hydroxylation is 1. The van der Waals surface area contributed by atoms with Crippen LogP contribution in [0.1, 0.15) is 49.4 Å². The highest BCUT2D eigenvalue weighted by molar-refractivity contribution is 5.95. The molecule has 0 unspecified atom stereocenters. The zero-order valence-corrected chi connectivity index (χ0v) is 17.4. The summed E-state index contributed by atoms with van der Waals surface area (Å²) in [5.74, 6) is 0.894. The average molecular weight is 384 g/mol. The Morgan fingerprint density at radius 2 is 1.93 bits per heavy atom. The normalized spacial score (nSPS) is 17.1. The summed E-state index contributed by atoms with van der Waals surface area (Å²) in [4.78, 5) is 7.51. The van der Waals surface area contributed by atoms with E-state index in [9.17, 15) is 0 Å². The fraction of sp³-hybridized carbons (Fsp3) is 0.609. The first-order valence-corrected chi connectivity index (χ1v) is 10.9. The maximum Gasteiger partial charge on any atom is 0.125 e. The summed E-state index contributed by atoms with van der Waals surface area (Å²) < 4.78 is 11.7. The number of methoxy groups -OCH3 is 1. The van der Waals surface area contributed by atoms with Crippen molar-refractivity contribution in [1.82, 2.24) is 9.88 Å². The number of nitrogens with zero attached hydrogens (tertiary/aromatic N) is 2. The van der Waals surface area contributed by atoms with Gasteiger partial charge in [0.1, 0.15) is 5.75 Å². The molecule has 1 aliphatic heterocycles. The molecular formula is C23H33N3O2. The molecule has 0 saturated carbocycles. The van der Waals surface area contributed by atoms with Crippen molar-refractivity contribution in [1.29, 1.82) is 0 Å². The zero-order chi connectivity index (χ0) is 19.3. The number of anilines is 1. The smallest absolute Gasteiger partial charge is 0.125 e. The van der Waals surface area contributed by atoms with E-state index < -0.39 is 0 Å². The van der Waals surface area contributed by atoms with E-state index >= 15 is 0 Å². The van der Waals surface area contributed by atoms with Crippen LogP contribution < -0.4 is 10.1 Å². The number of fused-ring (bicyclic) bond motifs is 2. The van der Waals surface area contributed by atoms with Crippen molar-refractivity contribution in [2.45, 2.75) is 52.1 Å². The standard InChI is InChI=1S/C23H33N3O2/c1-3-24-23-18-8-4-5-9-20(18)25-21-14-17(22(27-2)15-19(21)23)16-28-13-12-26-10-6-7-11-26/h14-15H,3-13,16H2,1-2H3,(H,24,25). The van der Waals surface area contributed by atoms with Gasteiger partial charge in [-0.25, -0.2) is 0 Å². The van der Waals surface area contributed by atoms with Crippen LogP contribution in [-0.2, 0) is 24.2 Å². The Labute approximate surface area is 168 Å². The molecule has 1 fully saturated rings. The molecule has 152 valence electrons. The van der Waals surface area contributed by atoms with E-state index in [1.165, 1.54) is 61.1 Å². The van der Waals surface area contributed by atoms with Crippen LogP contribution in [0.5, 0.6) is 5.75 Å². The monoisotopic (exact) mass is 383 g/mol. The SMILES string of the molecule is CCNc1c2c(nc3cc(COCCN4CCCC4)c(OC)cc13)CCCC2. The molecule has 0 radical (unpaired) electrons. The maximum atomic E-state index is 6.00. The summed E-state index contributed by atoms with van der Waals surface area (Å²) >= 11 is 0. The van der Waals surface area contributed by atoms with Gasteiger partial charge in [0.15, 0.2) is 0 Å². The molecule has 5 nitrogen and oxygen atoms in total. The molecule has 0 atom stereocenters. The number of hydrogen-bond donors (Lipinski definition) is 1. The van der Waals surface area contributed by atoms with Gasteiger partial charge in [0, 0.05) is 35.4 Å². The van der Waals surface area contributed by atoms with Crippen molar-refractivity contribution in [3.63, 3.8) is 0 Å². The van der Waals surface area contributed by atoms with E-state index in [1.807, 2.05) is 0 Å². The minimum atomic E-state index is 0.572. The summed E-state index contributed by atoms with van der Waals surface area (Å²) in [5, 5.41) is 4.77. The number of benzene rings is 1. The predicted octanol–water partition coefficient (Wildman–Crippen LogP) is 4.17. The lowest BCUT2D eigenvalue weighted by molar-refractivity contribution is 0.0979. The van der Waals surface area contributed by atoms with Gasteiger partial charge in [-0.1, -0.05) is 0 Å². The number of ether oxygens (including phenoxy) is 2. The van der Waals surface area contributed by atoms with Gasteiger partial charge in [-0.05, 0) is 76.2 Å². The average Bonchev–Trinajstić information content (AvgIpc) is 3.24. The molecule has 1 saturated heterocycles. The number of pyridine rings is 1. The fourth-order valence-corrected chi connectivity index (χ4v) is 4.56. The lowest BCUT2D eigenvalue weighted by atomic mass is 9.92. The Kier molecular flexibility index (Phi) is 6.33. The van der Waals surface area contributed by atoms with Gasteiger partial charge in [0.25, 0.3) is 0 Å². The van der Waals surface area contributed by atoms with Gasteiger partial charge in [0.2, 0.25) is 0 Å². The fourth-order valence-electron chi connectivity index (χ4n) is 4.56. The second-order valence-corrected chi connectivity index (χ2v) is 7.93. The first kappa shape index (κ1) is 19.5. The molecule has 1 aliphatic carbocycles. The maximum absolute atomic E-state index is 6.00. The third-order valence-electron chi connectivity index (χ3n) is 6.03. The highest BCUT2D eigenvalue weighted by Gasteiger charge is 2.19. The molecule has 2 aromatic rings. The van der Waals surface area contributed by atoms with Crippen molar-refractivity contribution in [2.24, 2.45) is 0 Å². The molecule has 2 heterocycles. The predicted molar refractivity (Wildman–Crippen MR) is 114 cm³/mol. The Morgan fingerprint density at radius 3 is 2.71 bits per heavy atom. The molecule has 0 amide bonds. The van der Waals surface area contributed by atoms with Crippen molar-refractivity contribution in [2.75, 3.05) is 45.2 Å². The first-order valence-electron chi connectivity index (χ1n) is 10.9. The van der Waals surface area contributed by atoms with Crippen molar-refractivity contribution < 1.29 is 9.47 Å². The van der Waals surface area contributed by atoms with Crippen LogP contribution in [0.2, 0.25) is 0 Å². The van der Waals surface area contributed by atoms with Gasteiger partial charge >= 0.3 is 0 Å². The van der Waals surface area contributed by atoms with E-state index in [4.69, 9.17) is 14.5 Å². The third-order valence-corrected chi connectivity index (χ3v) is 6.03. The molecule has 1 aromatic carbocycles. The molecule has 1 aromatic heterocycles. The van der Waals surface area contributed by atoms with Crippen LogP contribution in [0.15, 0.2) is 12.1 Å². The van der Waals surface area contributed by atoms with Gasteiger partial charge in [-0.15, -0.1) is 0 Å². The van der Waals surface area contributed by atoms with Crippen LogP contribution in [0.4, 0.5) is 5.69 Å². The number of likely N-dealkylation sites (tertiary alicyclic amines) is 1. The van der Waals surface area contributed by atoms with Gasteiger partial charge < -0.3 is 19.7 Å². The Hall–Kier alpha value is -1.85. The zero-order valence-electron chi connectivity index (χ0n) is 17.4. The Bertz CT molecular complexity index is 815. The number of aromatic nitrogens is 1. The van der Waals surface area contributed by atoms with E-state index in [-0.39, 0.29) is 0 Å². The largest absolute Gasteiger partial charge is 0.496 e. The second kappa shape index (κ2) is 9.10. The summed E-state index contributed by atoms with van der Waals surface area (Å²) in [5.41, 5.74) is 6.05. The summed E-state index contributed by atoms with van der Waals surface area (Å²) in [6, 6.07) is 4.31. The van der Waals surface area contributed by atoms with Crippen LogP contribution in [0.25, 0.3) is 10.9 Å². The van der Waals surface area contributed by atoms with Gasteiger partial charge in [-0.2, -0.15) is 0 Å². The molecule has 2 aliphatic rings. The van der Waals surface area contributed by atoms with E-state index in [2.05, 4.69) is 29.3 Å². The molecule has 1 N–H and O–H groups in total. The van der Waals surface area contributed by atoms with Crippen LogP contribution in [0, 0.1) is 0 Å². The number of nitrogens with one attached hydrogen (secondary N) is 1. The van der Waals surface area contributed by atoms with Crippen LogP contribution in [-0.4, -0.2) is 49.8 Å². The third kappa shape index (κ3) is 4.11. The minimum absolute atomic E-state index is 0.572. The first-order chi connectivity index (χ1) is 13.8. The quantitative estimate of drug-likeness (QED) is 0.694. The molecule has 28 heavy (non-hydrogen) atoms. The summed E-state index contributed by atoms with van der Waals surface area (Å²) in [6.07, 6.45) is 7.32. The van der Waals surface area contributed by atoms with Gasteiger partial charge in [-0.3, -0.25) is 4.98 Å². The van der Waals surface area contributed by atoms with Crippen LogP contribution in [0.3, 0.4) is 0 Å². The molecule has 5 heteroatoms. The van der Waals surface area contributed by atoms with Crippen molar-refractivity contribution in [3.8, 4) is 5.75 Å². The van der Waals surface area contributed by atoms with E-state index in [1.54, 1.807) is 7.11 Å². The van der Waals surface area contributed by atoms with Crippen molar-refractivity contribution >= 4 is 16.6 Å². The number of rotatable bonds is 8. The molecule has 0 spiro atoms. The lowest BCUT2D eigenvalue weighted by Crippen LogP contribution is -2.23. The minimum Gasteiger partial charge on any atom is -0.496 e. The highest BCUT2D eigenvalue weighted by Crippen LogP contribution is 2.36. The Morgan fingerprint density at radius 1 is 1.11 bits per heavy atom. The summed E-state index contributed by atoms with van der Waals surface area (Å²) in [7, 11) is 1.74. The summed E-state index contributed by atoms with van der Waals surface area (Å²) in [6.45, 7) is 7.85.